The normalized spacial score (nSPS) is 12.4. The lowest BCUT2D eigenvalue weighted by molar-refractivity contribution is 0.0258. The van der Waals surface area contributed by atoms with Gasteiger partial charge in [0.15, 0.2) is 0 Å². The maximum absolute atomic E-state index is 7.30. The lowest BCUT2D eigenvalue weighted by Crippen LogP contribution is -2.16. The minimum Gasteiger partial charge on any atom is -0.353 e. The first kappa shape index (κ1) is 45.5. The quantitative estimate of drug-likeness (QED) is 0.0511. The molecule has 0 radical (unpaired) electrons. The molecule has 6 aromatic rings. The molecule has 4 aromatic carbocycles. The first-order valence-corrected chi connectivity index (χ1v) is 23.7. The van der Waals surface area contributed by atoms with Crippen LogP contribution in [0, 0.1) is 0 Å². The molecule has 320 valence electrons. The zero-order chi connectivity index (χ0) is 42.5. The minimum absolute atomic E-state index is 0.489. The van der Waals surface area contributed by atoms with Gasteiger partial charge < -0.3 is 4.74 Å². The number of benzene rings is 4. The van der Waals surface area contributed by atoms with E-state index in [9.17, 15) is 0 Å². The van der Waals surface area contributed by atoms with Crippen LogP contribution in [-0.4, -0.2) is 19.9 Å². The Hall–Kier alpha value is -5.00. The van der Waals surface area contributed by atoms with Crippen molar-refractivity contribution >= 4 is 0 Å². The summed E-state index contributed by atoms with van der Waals surface area (Å²) in [7, 11) is 0. The van der Waals surface area contributed by atoms with Gasteiger partial charge in [0, 0.05) is 11.1 Å². The number of unbranched alkanes of at least 4 members (excludes halogenated alkanes) is 10. The SMILES string of the molecule is CCCCCCc1ccc(-c2cnc(C(OC(c3ccc(CCCCC)cc3)c3cnc(-c4ccc(CCCCCC)cc4)cn3)c3ccc(CCCCC)cc3)cn2)cc1. The average molecular weight is 815 g/mol. The summed E-state index contributed by atoms with van der Waals surface area (Å²) >= 11 is 0. The van der Waals surface area contributed by atoms with Gasteiger partial charge in [0.1, 0.15) is 12.2 Å². The van der Waals surface area contributed by atoms with Gasteiger partial charge in [0.05, 0.1) is 47.6 Å². The Labute approximate surface area is 367 Å². The first-order chi connectivity index (χ1) is 30.1. The van der Waals surface area contributed by atoms with Gasteiger partial charge in [-0.05, 0) is 84.7 Å². The van der Waals surface area contributed by atoms with E-state index in [2.05, 4.69) is 125 Å². The molecule has 2 heterocycles. The fourth-order valence-corrected chi connectivity index (χ4v) is 8.09. The van der Waals surface area contributed by atoms with E-state index in [4.69, 9.17) is 24.7 Å². The van der Waals surface area contributed by atoms with Crippen molar-refractivity contribution in [2.24, 2.45) is 0 Å². The second kappa shape index (κ2) is 25.1. The Morgan fingerprint density at radius 3 is 0.967 bits per heavy atom. The van der Waals surface area contributed by atoms with Crippen molar-refractivity contribution in [3.8, 4) is 22.5 Å². The zero-order valence-corrected chi connectivity index (χ0v) is 37.6. The summed E-state index contributed by atoms with van der Waals surface area (Å²) < 4.78 is 7.30. The van der Waals surface area contributed by atoms with Crippen LogP contribution in [0.5, 0.6) is 0 Å². The highest BCUT2D eigenvalue weighted by Gasteiger charge is 2.26. The maximum Gasteiger partial charge on any atom is 0.127 e. The standard InChI is InChI=1S/C56H70N4O/c1-5-9-13-17-21-45-23-31-47(32-24-45)51-39-59-53(41-57-51)55(49-35-27-43(28-36-49)19-15-11-7-3)61-56(50-37-29-44(30-38-50)20-16-12-8-4)54-42-58-52(40-60-54)48-33-25-46(26-34-48)22-18-14-10-6-2/h23-42,55-56H,5-22H2,1-4H3. The summed E-state index contributed by atoms with van der Waals surface area (Å²) in [5.41, 5.74) is 12.9. The van der Waals surface area contributed by atoms with Crippen molar-refractivity contribution in [2.45, 2.75) is 155 Å². The van der Waals surface area contributed by atoms with E-state index in [1.54, 1.807) is 0 Å². The summed E-state index contributed by atoms with van der Waals surface area (Å²) in [5, 5.41) is 0. The second-order valence-corrected chi connectivity index (χ2v) is 17.0. The van der Waals surface area contributed by atoms with Crippen molar-refractivity contribution in [3.63, 3.8) is 0 Å². The molecule has 0 N–H and O–H groups in total. The lowest BCUT2D eigenvalue weighted by atomic mass is 9.99. The van der Waals surface area contributed by atoms with Crippen LogP contribution < -0.4 is 0 Å². The number of aryl methyl sites for hydroxylation is 4. The molecule has 0 saturated carbocycles. The van der Waals surface area contributed by atoms with Gasteiger partial charge in [-0.15, -0.1) is 0 Å². The van der Waals surface area contributed by atoms with Crippen LogP contribution in [0.25, 0.3) is 22.5 Å². The molecule has 6 rings (SSSR count). The first-order valence-electron chi connectivity index (χ1n) is 23.7. The molecule has 2 unspecified atom stereocenters. The van der Waals surface area contributed by atoms with E-state index in [0.29, 0.717) is 0 Å². The number of hydrogen-bond acceptors (Lipinski definition) is 5. The molecule has 2 aromatic heterocycles. The summed E-state index contributed by atoms with van der Waals surface area (Å²) in [6.45, 7) is 9.03. The molecule has 0 aliphatic carbocycles. The largest absolute Gasteiger partial charge is 0.353 e. The van der Waals surface area contributed by atoms with Crippen molar-refractivity contribution < 1.29 is 4.74 Å². The third-order valence-electron chi connectivity index (χ3n) is 12.0. The Morgan fingerprint density at radius 2 is 0.656 bits per heavy atom. The Bertz CT molecular complexity index is 1940. The second-order valence-electron chi connectivity index (χ2n) is 17.0. The molecule has 0 aliphatic heterocycles. The molecule has 0 aliphatic rings. The Balaban J connectivity index is 1.30. The van der Waals surface area contributed by atoms with E-state index < -0.39 is 12.2 Å². The predicted molar refractivity (Wildman–Crippen MR) is 255 cm³/mol. The van der Waals surface area contributed by atoms with Crippen molar-refractivity contribution in [3.05, 3.63) is 167 Å². The Morgan fingerprint density at radius 1 is 0.344 bits per heavy atom. The van der Waals surface area contributed by atoms with Crippen LogP contribution in [0.15, 0.2) is 122 Å². The zero-order valence-electron chi connectivity index (χ0n) is 37.6. The molecule has 5 nitrogen and oxygen atoms in total. The highest BCUT2D eigenvalue weighted by molar-refractivity contribution is 5.59. The smallest absolute Gasteiger partial charge is 0.127 e. The Kier molecular flexibility index (Phi) is 18.7. The third-order valence-corrected chi connectivity index (χ3v) is 12.0. The van der Waals surface area contributed by atoms with E-state index >= 15 is 0 Å². The number of hydrogen-bond donors (Lipinski definition) is 0. The molecule has 0 saturated heterocycles. The minimum atomic E-state index is -0.489. The van der Waals surface area contributed by atoms with Gasteiger partial charge in [0.25, 0.3) is 0 Å². The van der Waals surface area contributed by atoms with E-state index in [1.807, 2.05) is 24.8 Å². The fraction of sp³-hybridized carbons (Fsp3) is 0.429. The maximum atomic E-state index is 7.30. The summed E-state index contributed by atoms with van der Waals surface area (Å²) in [6, 6.07) is 35.5. The van der Waals surface area contributed by atoms with Gasteiger partial charge in [0.2, 0.25) is 0 Å². The van der Waals surface area contributed by atoms with Gasteiger partial charge in [-0.3, -0.25) is 19.9 Å². The summed E-state index contributed by atoms with van der Waals surface area (Å²) in [5.74, 6) is 0. The van der Waals surface area contributed by atoms with Crippen LogP contribution in [0.3, 0.4) is 0 Å². The van der Waals surface area contributed by atoms with Crippen LogP contribution in [0.2, 0.25) is 0 Å². The highest BCUT2D eigenvalue weighted by atomic mass is 16.5. The predicted octanol–water partition coefficient (Wildman–Crippen LogP) is 15.2. The van der Waals surface area contributed by atoms with E-state index in [-0.39, 0.29) is 0 Å². The molecular formula is C56H70N4O. The molecular weight excluding hydrogens is 745 g/mol. The number of nitrogens with zero attached hydrogens (tertiary/aromatic N) is 4. The number of ether oxygens (including phenoxy) is 1. The molecule has 61 heavy (non-hydrogen) atoms. The van der Waals surface area contributed by atoms with Gasteiger partial charge in [-0.1, -0.05) is 189 Å². The van der Waals surface area contributed by atoms with Crippen molar-refractivity contribution in [1.82, 2.24) is 19.9 Å². The molecule has 0 bridgehead atoms. The van der Waals surface area contributed by atoms with E-state index in [1.165, 1.54) is 112 Å². The third kappa shape index (κ3) is 14.0. The monoisotopic (exact) mass is 815 g/mol. The highest BCUT2D eigenvalue weighted by Crippen LogP contribution is 2.36. The average Bonchev–Trinajstić information content (AvgIpc) is 3.31. The lowest BCUT2D eigenvalue weighted by Gasteiger charge is -2.25. The van der Waals surface area contributed by atoms with Gasteiger partial charge in [-0.25, -0.2) is 0 Å². The van der Waals surface area contributed by atoms with Crippen LogP contribution in [-0.2, 0) is 30.4 Å². The van der Waals surface area contributed by atoms with Crippen LogP contribution >= 0.6 is 0 Å². The molecule has 2 atom stereocenters. The van der Waals surface area contributed by atoms with Crippen molar-refractivity contribution in [2.75, 3.05) is 0 Å². The topological polar surface area (TPSA) is 60.8 Å². The van der Waals surface area contributed by atoms with Crippen LogP contribution in [0.4, 0.5) is 0 Å². The number of aromatic nitrogens is 4. The van der Waals surface area contributed by atoms with E-state index in [0.717, 1.165) is 70.7 Å². The molecule has 0 amide bonds. The summed E-state index contributed by atoms with van der Waals surface area (Å²) in [6.07, 6.45) is 28.4. The molecule has 0 fully saturated rings. The molecule has 5 heteroatoms. The number of rotatable bonds is 26. The molecule has 0 spiro atoms. The fourth-order valence-electron chi connectivity index (χ4n) is 8.09. The summed E-state index contributed by atoms with van der Waals surface area (Å²) in [4.78, 5) is 20.1. The van der Waals surface area contributed by atoms with Crippen LogP contribution in [0.1, 0.15) is 175 Å². The van der Waals surface area contributed by atoms with Gasteiger partial charge >= 0.3 is 0 Å². The van der Waals surface area contributed by atoms with Crippen molar-refractivity contribution in [1.29, 1.82) is 0 Å². The van der Waals surface area contributed by atoms with Gasteiger partial charge in [-0.2, -0.15) is 0 Å².